The highest BCUT2D eigenvalue weighted by Gasteiger charge is 2.33. The lowest BCUT2D eigenvalue weighted by Crippen LogP contribution is -2.39. The number of hydrogen-bond acceptors (Lipinski definition) is 6. The minimum atomic E-state index is -0.619. The second-order valence-electron chi connectivity index (χ2n) is 8.73. The topological polar surface area (TPSA) is 73.8 Å². The van der Waals surface area contributed by atoms with Gasteiger partial charge in [-0.05, 0) is 51.0 Å². The van der Waals surface area contributed by atoms with E-state index in [1.54, 1.807) is 24.5 Å². The number of furan rings is 1. The summed E-state index contributed by atoms with van der Waals surface area (Å²) in [4.78, 5) is 31.7. The molecule has 2 aromatic carbocycles. The predicted octanol–water partition coefficient (Wildman–Crippen LogP) is 4.68. The molecule has 7 heteroatoms. The maximum absolute atomic E-state index is 13.7. The van der Waals surface area contributed by atoms with Crippen molar-refractivity contribution in [1.82, 2.24) is 4.57 Å². The minimum Gasteiger partial charge on any atom is -0.463 e. The number of esters is 1. The first-order valence-electron chi connectivity index (χ1n) is 11.8. The maximum atomic E-state index is 13.7. The molecule has 0 N–H and O–H groups in total. The molecule has 1 atom stereocenters. The van der Waals surface area contributed by atoms with Gasteiger partial charge in [0.1, 0.15) is 11.5 Å². The van der Waals surface area contributed by atoms with E-state index >= 15 is 0 Å². The summed E-state index contributed by atoms with van der Waals surface area (Å²) >= 11 is 1.28. The lowest BCUT2D eigenvalue weighted by Gasteiger charge is -2.24. The molecule has 0 radical (unpaired) electrons. The molecule has 6 nitrogen and oxygen atoms in total. The van der Waals surface area contributed by atoms with E-state index in [0.717, 1.165) is 22.5 Å². The monoisotopic (exact) mass is 498 g/mol. The van der Waals surface area contributed by atoms with Crippen LogP contribution in [0.5, 0.6) is 0 Å². The van der Waals surface area contributed by atoms with E-state index in [2.05, 4.69) is 31.0 Å². The van der Waals surface area contributed by atoms with E-state index < -0.39 is 12.0 Å². The molecule has 0 fully saturated rings. The molecule has 0 saturated carbocycles. The van der Waals surface area contributed by atoms with Gasteiger partial charge < -0.3 is 9.15 Å². The number of thiazole rings is 1. The van der Waals surface area contributed by atoms with Gasteiger partial charge in [0.05, 0.1) is 28.5 Å². The lowest BCUT2D eigenvalue weighted by atomic mass is 9.96. The highest BCUT2D eigenvalue weighted by molar-refractivity contribution is 7.07. The minimum absolute atomic E-state index is 0.230. The van der Waals surface area contributed by atoms with Gasteiger partial charge in [-0.1, -0.05) is 65.4 Å². The molecule has 5 rings (SSSR count). The highest BCUT2D eigenvalue weighted by Crippen LogP contribution is 2.30. The van der Waals surface area contributed by atoms with Gasteiger partial charge in [-0.3, -0.25) is 9.36 Å². The van der Waals surface area contributed by atoms with Gasteiger partial charge in [-0.25, -0.2) is 9.79 Å². The van der Waals surface area contributed by atoms with Crippen molar-refractivity contribution in [2.75, 3.05) is 6.61 Å². The summed E-state index contributed by atoms with van der Waals surface area (Å²) in [6, 6.07) is 18.8. The van der Waals surface area contributed by atoms with Crippen LogP contribution in [-0.4, -0.2) is 17.1 Å². The molecule has 1 unspecified atom stereocenters. The van der Waals surface area contributed by atoms with Crippen LogP contribution in [0.15, 0.2) is 86.1 Å². The number of rotatable bonds is 5. The lowest BCUT2D eigenvalue weighted by molar-refractivity contribution is -0.139. The zero-order chi connectivity index (χ0) is 25.4. The molecule has 1 aliphatic heterocycles. The fourth-order valence-corrected chi connectivity index (χ4v) is 5.56. The van der Waals surface area contributed by atoms with Gasteiger partial charge in [0, 0.05) is 11.6 Å². The molecular weight excluding hydrogens is 472 g/mol. The first kappa shape index (κ1) is 23.8. The van der Waals surface area contributed by atoms with Crippen molar-refractivity contribution in [1.29, 1.82) is 0 Å². The highest BCUT2D eigenvalue weighted by atomic mass is 32.1. The van der Waals surface area contributed by atoms with Crippen molar-refractivity contribution in [3.05, 3.63) is 114 Å². The van der Waals surface area contributed by atoms with Crippen LogP contribution in [0.25, 0.3) is 17.4 Å². The summed E-state index contributed by atoms with van der Waals surface area (Å²) in [6.45, 7) is 7.89. The Labute approximate surface area is 212 Å². The molecule has 3 heterocycles. The van der Waals surface area contributed by atoms with Crippen molar-refractivity contribution in [3.63, 3.8) is 0 Å². The third-order valence-corrected chi connectivity index (χ3v) is 7.16. The van der Waals surface area contributed by atoms with Crippen LogP contribution in [-0.2, 0) is 9.53 Å². The second kappa shape index (κ2) is 9.59. The van der Waals surface area contributed by atoms with Crippen LogP contribution in [0.4, 0.5) is 0 Å². The summed E-state index contributed by atoms with van der Waals surface area (Å²) in [5.74, 6) is 0.855. The van der Waals surface area contributed by atoms with Gasteiger partial charge in [-0.2, -0.15) is 0 Å². The molecule has 0 amide bonds. The number of hydrogen-bond donors (Lipinski definition) is 0. The second-order valence-corrected chi connectivity index (χ2v) is 9.74. The van der Waals surface area contributed by atoms with E-state index in [9.17, 15) is 9.59 Å². The number of carbonyl (C=O) groups is 1. The Morgan fingerprint density at radius 1 is 1.11 bits per heavy atom. The molecule has 0 spiro atoms. The summed E-state index contributed by atoms with van der Waals surface area (Å²) in [5, 5.41) is 0. The number of ether oxygens (including phenoxy) is 1. The molecular formula is C29H26N2O4S. The van der Waals surface area contributed by atoms with Gasteiger partial charge >= 0.3 is 5.97 Å². The van der Waals surface area contributed by atoms with Crippen molar-refractivity contribution >= 4 is 23.4 Å². The van der Waals surface area contributed by atoms with E-state index in [-0.39, 0.29) is 12.2 Å². The largest absolute Gasteiger partial charge is 0.463 e. The van der Waals surface area contributed by atoms with E-state index in [0.29, 0.717) is 26.4 Å². The Balaban J connectivity index is 1.63. The standard InChI is InChI=1S/C29H26N2O4S/c1-5-34-28(33)25-19(4)30-29-31(26(25)20-9-7-6-8-10-20)27(32)24(36-29)16-21-12-14-23(35-21)22-13-11-17(2)15-18(22)3/h6-16,26H,5H2,1-4H3/b24-16-. The predicted molar refractivity (Wildman–Crippen MR) is 140 cm³/mol. The van der Waals surface area contributed by atoms with Crippen LogP contribution in [0.2, 0.25) is 0 Å². The fourth-order valence-electron chi connectivity index (χ4n) is 4.54. The van der Waals surface area contributed by atoms with Crippen molar-refractivity contribution < 1.29 is 13.9 Å². The SMILES string of the molecule is CCOC(=O)C1=C(C)N=c2s/c(=C\c3ccc(-c4ccc(C)cc4C)o3)c(=O)n2C1c1ccccc1. The first-order chi connectivity index (χ1) is 17.4. The zero-order valence-corrected chi connectivity index (χ0v) is 21.4. The molecule has 1 aliphatic rings. The Morgan fingerprint density at radius 3 is 2.61 bits per heavy atom. The maximum Gasteiger partial charge on any atom is 0.338 e. The van der Waals surface area contributed by atoms with Crippen LogP contribution >= 0.6 is 11.3 Å². The molecule has 182 valence electrons. The molecule has 36 heavy (non-hydrogen) atoms. The molecule has 0 aliphatic carbocycles. The van der Waals surface area contributed by atoms with Gasteiger partial charge in [0.2, 0.25) is 0 Å². The number of nitrogens with zero attached hydrogens (tertiary/aromatic N) is 2. The Kier molecular flexibility index (Phi) is 6.33. The number of allylic oxidation sites excluding steroid dienone is 1. The van der Waals surface area contributed by atoms with Crippen LogP contribution < -0.4 is 14.9 Å². The van der Waals surface area contributed by atoms with E-state index in [4.69, 9.17) is 9.15 Å². The third-order valence-electron chi connectivity index (χ3n) is 6.18. The molecule has 4 aromatic rings. The number of fused-ring (bicyclic) bond motifs is 1. The fraction of sp³-hybridized carbons (Fsp3) is 0.207. The van der Waals surface area contributed by atoms with Gasteiger partial charge in [-0.15, -0.1) is 0 Å². The molecule has 0 bridgehead atoms. The van der Waals surface area contributed by atoms with E-state index in [1.807, 2.05) is 48.5 Å². The van der Waals surface area contributed by atoms with E-state index in [1.165, 1.54) is 16.9 Å². The third kappa shape index (κ3) is 4.27. The van der Waals surface area contributed by atoms with Crippen LogP contribution in [0.3, 0.4) is 0 Å². The van der Waals surface area contributed by atoms with Crippen LogP contribution in [0, 0.1) is 13.8 Å². The Morgan fingerprint density at radius 2 is 1.89 bits per heavy atom. The normalized spacial score (nSPS) is 15.6. The number of aryl methyl sites for hydroxylation is 2. The quantitative estimate of drug-likeness (QED) is 0.375. The molecule has 2 aromatic heterocycles. The summed E-state index contributed by atoms with van der Waals surface area (Å²) < 4.78 is 13.5. The number of aromatic nitrogens is 1. The Bertz CT molecular complexity index is 1670. The first-order valence-corrected chi connectivity index (χ1v) is 12.6. The van der Waals surface area contributed by atoms with Crippen molar-refractivity contribution in [2.24, 2.45) is 4.99 Å². The molecule has 0 saturated heterocycles. The zero-order valence-electron chi connectivity index (χ0n) is 20.6. The summed E-state index contributed by atoms with van der Waals surface area (Å²) in [6.07, 6.45) is 1.74. The van der Waals surface area contributed by atoms with Gasteiger partial charge in [0.15, 0.2) is 4.80 Å². The summed E-state index contributed by atoms with van der Waals surface area (Å²) in [7, 11) is 0. The average Bonchev–Trinajstić information content (AvgIpc) is 3.43. The summed E-state index contributed by atoms with van der Waals surface area (Å²) in [5.41, 5.74) is 4.83. The Hall–Kier alpha value is -3.97. The number of benzene rings is 2. The van der Waals surface area contributed by atoms with Crippen molar-refractivity contribution in [3.8, 4) is 11.3 Å². The smallest absolute Gasteiger partial charge is 0.338 e. The van der Waals surface area contributed by atoms with Gasteiger partial charge in [0.25, 0.3) is 5.56 Å². The van der Waals surface area contributed by atoms with Crippen molar-refractivity contribution in [2.45, 2.75) is 33.7 Å². The average molecular weight is 499 g/mol. The van der Waals surface area contributed by atoms with Crippen LogP contribution in [0.1, 0.15) is 42.3 Å². The number of carbonyl (C=O) groups excluding carboxylic acids is 1.